The Labute approximate surface area is 126 Å². The molecule has 0 aromatic heterocycles. The minimum atomic E-state index is 0.318. The van der Waals surface area contributed by atoms with Gasteiger partial charge in [0.1, 0.15) is 0 Å². The molecule has 1 rings (SSSR count). The highest BCUT2D eigenvalue weighted by Gasteiger charge is 2.38. The van der Waals surface area contributed by atoms with E-state index in [4.69, 9.17) is 10.5 Å². The molecule has 1 aliphatic carbocycles. The number of ether oxygens (including phenoxy) is 1. The number of nitrogens with zero attached hydrogens (tertiary/aromatic N) is 1. The fourth-order valence-corrected chi connectivity index (χ4v) is 3.55. The van der Waals surface area contributed by atoms with Crippen molar-refractivity contribution in [2.24, 2.45) is 17.1 Å². The van der Waals surface area contributed by atoms with Gasteiger partial charge in [-0.3, -0.25) is 4.90 Å². The van der Waals surface area contributed by atoms with Gasteiger partial charge in [-0.05, 0) is 44.4 Å². The molecule has 0 amide bonds. The fraction of sp³-hybridized carbons (Fsp3) is 1.00. The highest BCUT2D eigenvalue weighted by atomic mass is 16.5. The summed E-state index contributed by atoms with van der Waals surface area (Å²) in [5.41, 5.74) is 6.89. The molecule has 1 fully saturated rings. The summed E-state index contributed by atoms with van der Waals surface area (Å²) >= 11 is 0. The zero-order chi connectivity index (χ0) is 15.3. The first kappa shape index (κ1) is 17.9. The minimum absolute atomic E-state index is 0.318. The van der Waals surface area contributed by atoms with Crippen molar-refractivity contribution >= 4 is 0 Å². The van der Waals surface area contributed by atoms with Crippen molar-refractivity contribution in [3.8, 4) is 0 Å². The highest BCUT2D eigenvalue weighted by Crippen LogP contribution is 2.41. The number of hydrogen-bond acceptors (Lipinski definition) is 3. The lowest BCUT2D eigenvalue weighted by Crippen LogP contribution is -2.55. The SMILES string of the molecule is CCC(C)(C)C1CCC(N)C(N(CCOC)C(C)C)C1. The molecule has 20 heavy (non-hydrogen) atoms. The average Bonchev–Trinajstić information content (AvgIpc) is 2.40. The van der Waals surface area contributed by atoms with Crippen molar-refractivity contribution in [3.63, 3.8) is 0 Å². The second-order valence-corrected chi connectivity index (χ2v) is 7.41. The Morgan fingerprint density at radius 3 is 2.45 bits per heavy atom. The summed E-state index contributed by atoms with van der Waals surface area (Å²) in [5, 5.41) is 0. The molecule has 0 saturated heterocycles. The Bertz CT molecular complexity index is 278. The summed E-state index contributed by atoms with van der Waals surface area (Å²) < 4.78 is 5.28. The number of rotatable bonds is 7. The van der Waals surface area contributed by atoms with Crippen molar-refractivity contribution in [3.05, 3.63) is 0 Å². The quantitative estimate of drug-likeness (QED) is 0.780. The summed E-state index contributed by atoms with van der Waals surface area (Å²) in [6, 6.07) is 1.36. The molecular formula is C17H36N2O. The van der Waals surface area contributed by atoms with Gasteiger partial charge in [0.2, 0.25) is 0 Å². The number of methoxy groups -OCH3 is 1. The Morgan fingerprint density at radius 1 is 1.30 bits per heavy atom. The van der Waals surface area contributed by atoms with Gasteiger partial charge in [0, 0.05) is 31.8 Å². The van der Waals surface area contributed by atoms with Crippen LogP contribution in [0.25, 0.3) is 0 Å². The summed E-state index contributed by atoms with van der Waals surface area (Å²) in [6.07, 6.45) is 4.94. The highest BCUT2D eigenvalue weighted by molar-refractivity contribution is 4.94. The number of hydrogen-bond donors (Lipinski definition) is 1. The van der Waals surface area contributed by atoms with Crippen LogP contribution in [0.15, 0.2) is 0 Å². The third-order valence-electron chi connectivity index (χ3n) is 5.53. The summed E-state index contributed by atoms with van der Waals surface area (Å²) in [7, 11) is 1.78. The number of nitrogens with two attached hydrogens (primary N) is 1. The Morgan fingerprint density at radius 2 is 1.95 bits per heavy atom. The zero-order valence-electron chi connectivity index (χ0n) is 14.5. The second kappa shape index (κ2) is 7.77. The van der Waals surface area contributed by atoms with Crippen LogP contribution in [0.2, 0.25) is 0 Å². The van der Waals surface area contributed by atoms with Gasteiger partial charge in [0.15, 0.2) is 0 Å². The van der Waals surface area contributed by atoms with Crippen LogP contribution in [-0.4, -0.2) is 43.3 Å². The molecule has 3 atom stereocenters. The summed E-state index contributed by atoms with van der Waals surface area (Å²) in [5.74, 6) is 0.793. The van der Waals surface area contributed by atoms with Crippen molar-refractivity contribution in [1.82, 2.24) is 4.90 Å². The van der Waals surface area contributed by atoms with E-state index in [1.54, 1.807) is 7.11 Å². The molecule has 0 bridgehead atoms. The van der Waals surface area contributed by atoms with Crippen LogP contribution < -0.4 is 5.73 Å². The smallest absolute Gasteiger partial charge is 0.0589 e. The molecule has 1 aliphatic rings. The lowest BCUT2D eigenvalue weighted by atomic mass is 9.67. The van der Waals surface area contributed by atoms with E-state index < -0.39 is 0 Å². The van der Waals surface area contributed by atoms with Gasteiger partial charge >= 0.3 is 0 Å². The van der Waals surface area contributed by atoms with Crippen molar-refractivity contribution in [2.45, 2.75) is 78.4 Å². The molecule has 1 saturated carbocycles. The standard InChI is InChI=1S/C17H36N2O/c1-7-17(4,5)14-8-9-15(18)16(12-14)19(13(2)3)10-11-20-6/h13-16H,7-12,18H2,1-6H3. The van der Waals surface area contributed by atoms with E-state index in [0.717, 1.165) is 25.5 Å². The van der Waals surface area contributed by atoms with Crippen LogP contribution in [0, 0.1) is 11.3 Å². The van der Waals surface area contributed by atoms with Crippen molar-refractivity contribution in [1.29, 1.82) is 0 Å². The molecule has 0 aromatic carbocycles. The molecule has 3 nitrogen and oxygen atoms in total. The molecule has 0 spiro atoms. The first-order valence-electron chi connectivity index (χ1n) is 8.33. The Balaban J connectivity index is 2.78. The average molecular weight is 284 g/mol. The molecule has 0 radical (unpaired) electrons. The van der Waals surface area contributed by atoms with Crippen LogP contribution >= 0.6 is 0 Å². The second-order valence-electron chi connectivity index (χ2n) is 7.41. The van der Waals surface area contributed by atoms with Gasteiger partial charge in [-0.25, -0.2) is 0 Å². The van der Waals surface area contributed by atoms with E-state index in [9.17, 15) is 0 Å². The third kappa shape index (κ3) is 4.44. The fourth-order valence-electron chi connectivity index (χ4n) is 3.55. The Hall–Kier alpha value is -0.120. The van der Waals surface area contributed by atoms with E-state index in [2.05, 4.69) is 39.5 Å². The van der Waals surface area contributed by atoms with Crippen molar-refractivity contribution in [2.75, 3.05) is 20.3 Å². The maximum Gasteiger partial charge on any atom is 0.0589 e. The maximum absolute atomic E-state index is 6.45. The van der Waals surface area contributed by atoms with E-state index in [0.29, 0.717) is 23.5 Å². The zero-order valence-corrected chi connectivity index (χ0v) is 14.5. The summed E-state index contributed by atoms with van der Waals surface area (Å²) in [4.78, 5) is 2.56. The third-order valence-corrected chi connectivity index (χ3v) is 5.53. The van der Waals surface area contributed by atoms with Crippen LogP contribution in [0.3, 0.4) is 0 Å². The molecule has 0 aliphatic heterocycles. The van der Waals surface area contributed by atoms with E-state index >= 15 is 0 Å². The lowest BCUT2D eigenvalue weighted by Gasteiger charge is -2.47. The normalized spacial score (nSPS) is 28.4. The topological polar surface area (TPSA) is 38.5 Å². The summed E-state index contributed by atoms with van der Waals surface area (Å²) in [6.45, 7) is 13.5. The van der Waals surface area contributed by atoms with Gasteiger partial charge in [0.05, 0.1) is 6.61 Å². The first-order valence-corrected chi connectivity index (χ1v) is 8.33. The maximum atomic E-state index is 6.45. The van der Waals surface area contributed by atoms with Gasteiger partial charge in [-0.2, -0.15) is 0 Å². The first-order chi connectivity index (χ1) is 9.33. The van der Waals surface area contributed by atoms with Crippen LogP contribution in [-0.2, 0) is 4.74 Å². The molecule has 3 heteroatoms. The molecule has 0 heterocycles. The lowest BCUT2D eigenvalue weighted by molar-refractivity contribution is 0.0283. The van der Waals surface area contributed by atoms with Gasteiger partial charge < -0.3 is 10.5 Å². The molecule has 120 valence electrons. The monoisotopic (exact) mass is 284 g/mol. The largest absolute Gasteiger partial charge is 0.383 e. The molecular weight excluding hydrogens is 248 g/mol. The van der Waals surface area contributed by atoms with Gasteiger partial charge in [-0.15, -0.1) is 0 Å². The van der Waals surface area contributed by atoms with Crippen LogP contribution in [0.1, 0.15) is 60.3 Å². The predicted octanol–water partition coefficient (Wildman–Crippen LogP) is 3.28. The Kier molecular flexibility index (Phi) is 6.96. The van der Waals surface area contributed by atoms with E-state index in [1.807, 2.05) is 0 Å². The molecule has 3 unspecified atom stereocenters. The van der Waals surface area contributed by atoms with E-state index in [1.165, 1.54) is 19.3 Å². The van der Waals surface area contributed by atoms with Crippen LogP contribution in [0.5, 0.6) is 0 Å². The van der Waals surface area contributed by atoms with Crippen LogP contribution in [0.4, 0.5) is 0 Å². The van der Waals surface area contributed by atoms with Crippen molar-refractivity contribution < 1.29 is 4.74 Å². The van der Waals surface area contributed by atoms with Gasteiger partial charge in [0.25, 0.3) is 0 Å². The molecule has 2 N–H and O–H groups in total. The minimum Gasteiger partial charge on any atom is -0.383 e. The van der Waals surface area contributed by atoms with E-state index in [-0.39, 0.29) is 0 Å². The predicted molar refractivity (Wildman–Crippen MR) is 86.9 cm³/mol. The van der Waals surface area contributed by atoms with Gasteiger partial charge in [-0.1, -0.05) is 27.2 Å². The molecule has 0 aromatic rings.